The van der Waals surface area contributed by atoms with E-state index in [-0.39, 0.29) is 0 Å². The van der Waals surface area contributed by atoms with Crippen molar-refractivity contribution in [2.75, 3.05) is 11.2 Å². The Morgan fingerprint density at radius 3 is 2.39 bits per heavy atom. The summed E-state index contributed by atoms with van der Waals surface area (Å²) in [6, 6.07) is 10.6. The first-order valence-electron chi connectivity index (χ1n) is 5.97. The molecule has 2 heterocycles. The second-order valence-electron chi connectivity index (χ2n) is 4.48. The van der Waals surface area contributed by atoms with Crippen molar-refractivity contribution < 1.29 is 0 Å². The van der Waals surface area contributed by atoms with Gasteiger partial charge in [0.1, 0.15) is 5.82 Å². The molecule has 1 aliphatic rings. The summed E-state index contributed by atoms with van der Waals surface area (Å²) in [5, 5.41) is 0.848. The number of hydrogen-bond acceptors (Lipinski definition) is 4. The molecule has 0 radical (unpaired) electrons. The highest BCUT2D eigenvalue weighted by atomic mass is 32.2. The summed E-state index contributed by atoms with van der Waals surface area (Å²) in [5.74, 6) is 1.03. The molecule has 4 heteroatoms. The van der Waals surface area contributed by atoms with Gasteiger partial charge in [-0.1, -0.05) is 36.0 Å². The maximum Gasteiger partial charge on any atom is 0.189 e. The zero-order valence-electron chi connectivity index (χ0n) is 10.6. The molecule has 0 fully saturated rings. The quantitative estimate of drug-likeness (QED) is 0.611. The molecule has 3 rings (SSSR count). The van der Waals surface area contributed by atoms with Crippen molar-refractivity contribution in [1.29, 1.82) is 0 Å². The van der Waals surface area contributed by atoms with E-state index in [1.807, 2.05) is 13.2 Å². The normalized spacial score (nSPS) is 13.8. The van der Waals surface area contributed by atoms with Gasteiger partial charge in [0.2, 0.25) is 0 Å². The van der Waals surface area contributed by atoms with Gasteiger partial charge >= 0.3 is 0 Å². The lowest BCUT2D eigenvalue weighted by Crippen LogP contribution is -2.16. The molecule has 1 aliphatic heterocycles. The largest absolute Gasteiger partial charge is 0.348 e. The molecule has 0 bridgehead atoms. The Morgan fingerprint density at radius 1 is 1.11 bits per heavy atom. The molecule has 0 saturated carbocycles. The van der Waals surface area contributed by atoms with Gasteiger partial charge in [-0.05, 0) is 24.3 Å². The van der Waals surface area contributed by atoms with Crippen LogP contribution in [0.1, 0.15) is 16.8 Å². The second-order valence-corrected chi connectivity index (χ2v) is 5.25. The molecule has 2 aromatic rings. The van der Waals surface area contributed by atoms with Gasteiger partial charge in [0.05, 0.1) is 0 Å². The van der Waals surface area contributed by atoms with E-state index in [0.717, 1.165) is 29.8 Å². The van der Waals surface area contributed by atoms with Crippen LogP contribution < -0.4 is 4.90 Å². The van der Waals surface area contributed by atoms with E-state index in [1.165, 1.54) is 11.1 Å². The fraction of sp³-hybridized carbons (Fsp3) is 0.286. The minimum atomic E-state index is 0.848. The Labute approximate surface area is 111 Å². The topological polar surface area (TPSA) is 29.0 Å². The first kappa shape index (κ1) is 11.5. The van der Waals surface area contributed by atoms with E-state index in [0.29, 0.717) is 0 Å². The van der Waals surface area contributed by atoms with E-state index < -0.39 is 0 Å². The number of benzene rings is 1. The maximum atomic E-state index is 4.59. The van der Waals surface area contributed by atoms with Crippen molar-refractivity contribution >= 4 is 17.6 Å². The lowest BCUT2D eigenvalue weighted by molar-refractivity contribution is 0.817. The van der Waals surface area contributed by atoms with Gasteiger partial charge in [-0.2, -0.15) is 0 Å². The van der Waals surface area contributed by atoms with E-state index in [4.69, 9.17) is 0 Å². The predicted octanol–water partition coefficient (Wildman–Crippen LogP) is 3.03. The number of aromatic nitrogens is 2. The SMILES string of the molecule is CSc1nc(C)cc(N2Cc3ccccc3C2)n1. The number of nitrogens with zero attached hydrogens (tertiary/aromatic N) is 3. The number of rotatable bonds is 2. The van der Waals surface area contributed by atoms with Crippen LogP contribution >= 0.6 is 11.8 Å². The van der Waals surface area contributed by atoms with Gasteiger partial charge in [-0.3, -0.25) is 0 Å². The van der Waals surface area contributed by atoms with E-state index in [2.05, 4.69) is 45.2 Å². The van der Waals surface area contributed by atoms with Crippen molar-refractivity contribution in [2.24, 2.45) is 0 Å². The summed E-state index contributed by atoms with van der Waals surface area (Å²) >= 11 is 1.59. The predicted molar refractivity (Wildman–Crippen MR) is 74.9 cm³/mol. The molecular weight excluding hydrogens is 242 g/mol. The first-order chi connectivity index (χ1) is 8.76. The molecule has 3 nitrogen and oxygen atoms in total. The number of fused-ring (bicyclic) bond motifs is 1. The Kier molecular flexibility index (Phi) is 2.96. The lowest BCUT2D eigenvalue weighted by atomic mass is 10.1. The van der Waals surface area contributed by atoms with Gasteiger partial charge in [-0.15, -0.1) is 0 Å². The third-order valence-electron chi connectivity index (χ3n) is 3.17. The van der Waals surface area contributed by atoms with Gasteiger partial charge in [-0.25, -0.2) is 9.97 Å². The summed E-state index contributed by atoms with van der Waals surface area (Å²) in [7, 11) is 0. The maximum absolute atomic E-state index is 4.59. The minimum Gasteiger partial charge on any atom is -0.348 e. The van der Waals surface area contributed by atoms with Gasteiger partial charge in [0.15, 0.2) is 5.16 Å². The van der Waals surface area contributed by atoms with E-state index in [1.54, 1.807) is 11.8 Å². The van der Waals surface area contributed by atoms with Crippen LogP contribution in [0.4, 0.5) is 5.82 Å². The molecule has 0 atom stereocenters. The smallest absolute Gasteiger partial charge is 0.189 e. The monoisotopic (exact) mass is 257 g/mol. The van der Waals surface area contributed by atoms with Crippen LogP contribution in [0.3, 0.4) is 0 Å². The highest BCUT2D eigenvalue weighted by Crippen LogP contribution is 2.27. The van der Waals surface area contributed by atoms with Gasteiger partial charge < -0.3 is 4.90 Å². The minimum absolute atomic E-state index is 0.848. The Hall–Kier alpha value is -1.55. The van der Waals surface area contributed by atoms with E-state index in [9.17, 15) is 0 Å². The van der Waals surface area contributed by atoms with Crippen molar-refractivity contribution in [1.82, 2.24) is 9.97 Å². The van der Waals surface area contributed by atoms with Crippen molar-refractivity contribution in [3.05, 3.63) is 47.2 Å². The van der Waals surface area contributed by atoms with Crippen molar-refractivity contribution in [3.8, 4) is 0 Å². The van der Waals surface area contributed by atoms with Gasteiger partial charge in [0, 0.05) is 24.8 Å². The highest BCUT2D eigenvalue weighted by molar-refractivity contribution is 7.98. The molecular formula is C14H15N3S. The van der Waals surface area contributed by atoms with Crippen LogP contribution in [0.2, 0.25) is 0 Å². The van der Waals surface area contributed by atoms with Crippen LogP contribution in [-0.4, -0.2) is 16.2 Å². The van der Waals surface area contributed by atoms with Crippen LogP contribution in [-0.2, 0) is 13.1 Å². The molecule has 1 aromatic carbocycles. The van der Waals surface area contributed by atoms with Crippen LogP contribution in [0, 0.1) is 6.92 Å². The standard InChI is InChI=1S/C14H15N3S/c1-10-7-13(16-14(15-10)18-2)17-8-11-5-3-4-6-12(11)9-17/h3-7H,8-9H2,1-2H3. The zero-order chi connectivity index (χ0) is 12.5. The number of hydrogen-bond donors (Lipinski definition) is 0. The Balaban J connectivity index is 1.92. The van der Waals surface area contributed by atoms with Crippen molar-refractivity contribution in [3.63, 3.8) is 0 Å². The molecule has 1 aromatic heterocycles. The highest BCUT2D eigenvalue weighted by Gasteiger charge is 2.20. The fourth-order valence-corrected chi connectivity index (χ4v) is 2.69. The lowest BCUT2D eigenvalue weighted by Gasteiger charge is -2.17. The van der Waals surface area contributed by atoms with Crippen molar-refractivity contribution in [2.45, 2.75) is 25.2 Å². The molecule has 0 aliphatic carbocycles. The molecule has 0 N–H and O–H groups in total. The summed E-state index contributed by atoms with van der Waals surface area (Å²) in [6.45, 7) is 3.91. The molecule has 0 amide bonds. The van der Waals surface area contributed by atoms with Gasteiger partial charge in [0.25, 0.3) is 0 Å². The molecule has 0 unspecified atom stereocenters. The second kappa shape index (κ2) is 4.61. The number of anilines is 1. The third-order valence-corrected chi connectivity index (χ3v) is 3.72. The molecule has 0 spiro atoms. The Morgan fingerprint density at radius 2 is 1.78 bits per heavy atom. The molecule has 92 valence electrons. The van der Waals surface area contributed by atoms with E-state index >= 15 is 0 Å². The van der Waals surface area contributed by atoms with Crippen LogP contribution in [0.5, 0.6) is 0 Å². The molecule has 0 saturated heterocycles. The third kappa shape index (κ3) is 2.08. The summed E-state index contributed by atoms with van der Waals surface area (Å²) in [5.41, 5.74) is 3.83. The molecule has 18 heavy (non-hydrogen) atoms. The summed E-state index contributed by atoms with van der Waals surface area (Å²) < 4.78 is 0. The van der Waals surface area contributed by atoms with Crippen LogP contribution in [0.25, 0.3) is 0 Å². The summed E-state index contributed by atoms with van der Waals surface area (Å²) in [6.07, 6.45) is 2.01. The fourth-order valence-electron chi connectivity index (χ4n) is 2.27. The average Bonchev–Trinajstić information content (AvgIpc) is 2.81. The summed E-state index contributed by atoms with van der Waals surface area (Å²) in [4.78, 5) is 11.3. The zero-order valence-corrected chi connectivity index (χ0v) is 11.4. The Bertz CT molecular complexity index is 558. The number of aryl methyl sites for hydroxylation is 1. The average molecular weight is 257 g/mol. The van der Waals surface area contributed by atoms with Crippen LogP contribution in [0.15, 0.2) is 35.5 Å². The first-order valence-corrected chi connectivity index (χ1v) is 7.20. The number of thioether (sulfide) groups is 1.